The minimum Gasteiger partial charge on any atom is -0.423 e. The number of rotatable bonds is 3. The zero-order valence-corrected chi connectivity index (χ0v) is 16.8. The molecule has 1 aliphatic heterocycles. The van der Waals surface area contributed by atoms with Gasteiger partial charge >= 0.3 is 7.12 Å². The van der Waals surface area contributed by atoms with E-state index in [9.17, 15) is 9.23 Å². The van der Waals surface area contributed by atoms with Gasteiger partial charge in [0.05, 0.1) is 10.5 Å². The molecule has 0 aromatic heterocycles. The number of hydrogen-bond donors (Lipinski definition) is 3. The largest absolute Gasteiger partial charge is 0.492 e. The number of hydrogen-bond acceptors (Lipinski definition) is 4. The molecule has 0 amide bonds. The lowest BCUT2D eigenvalue weighted by molar-refractivity contribution is 0.101. The van der Waals surface area contributed by atoms with Crippen molar-refractivity contribution in [2.75, 3.05) is 0 Å². The topological polar surface area (TPSA) is 82.4 Å². The molecule has 2 rings (SSSR count). The van der Waals surface area contributed by atoms with Gasteiger partial charge in [-0.15, -0.1) is 0 Å². The molecule has 0 saturated carbocycles. The highest BCUT2D eigenvalue weighted by molar-refractivity contribution is 7.92. The molecule has 1 heterocycles. The number of nitrogens with one attached hydrogen (secondary N) is 2. The van der Waals surface area contributed by atoms with Crippen molar-refractivity contribution in [2.24, 2.45) is 0 Å². The highest BCUT2D eigenvalue weighted by Gasteiger charge is 2.42. The van der Waals surface area contributed by atoms with Crippen molar-refractivity contribution in [3.8, 4) is 0 Å². The molecule has 1 atom stereocenters. The molecule has 23 heavy (non-hydrogen) atoms. The van der Waals surface area contributed by atoms with Crippen LogP contribution in [0.25, 0.3) is 0 Å². The van der Waals surface area contributed by atoms with Crippen LogP contribution in [0.2, 0.25) is 18.1 Å². The predicted molar refractivity (Wildman–Crippen MR) is 97.6 cm³/mol. The summed E-state index contributed by atoms with van der Waals surface area (Å²) in [5.74, 6) is 0. The summed E-state index contributed by atoms with van der Waals surface area (Å²) in [5, 5.41) is 9.93. The van der Waals surface area contributed by atoms with Crippen LogP contribution in [0.3, 0.4) is 0 Å². The quantitative estimate of drug-likeness (QED) is 0.730. The first-order valence-electron chi connectivity index (χ1n) is 7.75. The molecule has 3 N–H and O–H groups in total. The summed E-state index contributed by atoms with van der Waals surface area (Å²) in [7, 11) is -6.18. The van der Waals surface area contributed by atoms with Gasteiger partial charge in [0.15, 0.2) is 0 Å². The van der Waals surface area contributed by atoms with Gasteiger partial charge in [-0.05, 0) is 42.0 Å². The van der Waals surface area contributed by atoms with Crippen LogP contribution in [0.1, 0.15) is 40.2 Å². The third-order valence-electron chi connectivity index (χ3n) is 4.95. The van der Waals surface area contributed by atoms with Gasteiger partial charge in [-0.1, -0.05) is 39.9 Å². The second kappa shape index (κ2) is 5.42. The standard InChI is InChI=1S/C15H27BN2O3SSi/c1-14(2,3)23(6,7)18-22(17,20)11-8-9-13-12(10-11)15(4,5)21-16(13)19/h8-10,19H,1-7H3,(H2,17,18,20). The Morgan fingerprint density at radius 1 is 1.35 bits per heavy atom. The van der Waals surface area contributed by atoms with Crippen molar-refractivity contribution in [1.29, 1.82) is 4.78 Å². The van der Waals surface area contributed by atoms with E-state index in [1.54, 1.807) is 18.2 Å². The zero-order valence-electron chi connectivity index (χ0n) is 15.0. The van der Waals surface area contributed by atoms with E-state index in [-0.39, 0.29) is 5.04 Å². The van der Waals surface area contributed by atoms with Crippen molar-refractivity contribution in [3.05, 3.63) is 23.8 Å². The minimum absolute atomic E-state index is 0.0218. The molecule has 0 radical (unpaired) electrons. The Kier molecular flexibility index (Phi) is 4.40. The summed E-state index contributed by atoms with van der Waals surface area (Å²) in [6, 6.07) is 5.11. The molecule has 1 unspecified atom stereocenters. The third-order valence-corrected chi connectivity index (χ3v) is 12.8. The van der Waals surface area contributed by atoms with E-state index >= 15 is 0 Å². The lowest BCUT2D eigenvalue weighted by Crippen LogP contribution is -2.54. The SMILES string of the molecule is CC1(C)OB(O)c2ccc(S(=N)(=O)N[Si](C)(C)C(C)(C)C)cc21. The Morgan fingerprint density at radius 2 is 1.91 bits per heavy atom. The Balaban J connectivity index is 2.44. The summed E-state index contributed by atoms with van der Waals surface area (Å²) in [6.45, 7) is 14.2. The molecular formula is C15H27BN2O3SSi. The van der Waals surface area contributed by atoms with E-state index in [1.165, 1.54) is 0 Å². The summed E-state index contributed by atoms with van der Waals surface area (Å²) in [5.41, 5.74) is 0.817. The van der Waals surface area contributed by atoms with Gasteiger partial charge in [0.25, 0.3) is 0 Å². The average Bonchev–Trinajstić information content (AvgIpc) is 2.57. The highest BCUT2D eigenvalue weighted by atomic mass is 32.2. The first kappa shape index (κ1) is 18.7. The van der Waals surface area contributed by atoms with Crippen molar-refractivity contribution < 1.29 is 13.9 Å². The van der Waals surface area contributed by atoms with E-state index in [4.69, 9.17) is 9.43 Å². The fraction of sp³-hybridized carbons (Fsp3) is 0.600. The molecule has 128 valence electrons. The molecule has 0 fully saturated rings. The van der Waals surface area contributed by atoms with E-state index in [0.29, 0.717) is 10.4 Å². The average molecular weight is 354 g/mol. The van der Waals surface area contributed by atoms with Crippen LogP contribution < -0.4 is 9.85 Å². The van der Waals surface area contributed by atoms with E-state index in [0.717, 1.165) is 5.56 Å². The lowest BCUT2D eigenvalue weighted by Gasteiger charge is -2.37. The van der Waals surface area contributed by atoms with E-state index in [1.807, 2.05) is 13.8 Å². The predicted octanol–water partition coefficient (Wildman–Crippen LogP) is 2.55. The van der Waals surface area contributed by atoms with Crippen molar-refractivity contribution in [2.45, 2.75) is 63.2 Å². The van der Waals surface area contributed by atoms with Gasteiger partial charge in [0.1, 0.15) is 18.2 Å². The summed E-state index contributed by atoms with van der Waals surface area (Å²) in [4.78, 5) is 0.437. The fourth-order valence-electron chi connectivity index (χ4n) is 2.43. The van der Waals surface area contributed by atoms with Crippen molar-refractivity contribution >= 4 is 30.7 Å². The minimum atomic E-state index is -3.12. The lowest BCUT2D eigenvalue weighted by atomic mass is 9.78. The first-order valence-corrected chi connectivity index (χ1v) is 12.3. The molecule has 0 aliphatic carbocycles. The van der Waals surface area contributed by atoms with E-state index < -0.39 is 30.9 Å². The second-order valence-corrected chi connectivity index (χ2v) is 15.4. The van der Waals surface area contributed by atoms with Crippen molar-refractivity contribution in [1.82, 2.24) is 4.39 Å². The Morgan fingerprint density at radius 3 is 2.43 bits per heavy atom. The molecule has 0 saturated heterocycles. The summed E-state index contributed by atoms with van der Waals surface area (Å²) < 4.78 is 30.1. The van der Waals surface area contributed by atoms with Crippen LogP contribution in [0.15, 0.2) is 23.1 Å². The first-order chi connectivity index (χ1) is 10.2. The van der Waals surface area contributed by atoms with Gasteiger partial charge in [-0.2, -0.15) is 0 Å². The normalized spacial score (nSPS) is 20.3. The van der Waals surface area contributed by atoms with Crippen LogP contribution in [0.4, 0.5) is 0 Å². The monoisotopic (exact) mass is 354 g/mol. The highest BCUT2D eigenvalue weighted by Crippen LogP contribution is 2.36. The van der Waals surface area contributed by atoms with Crippen molar-refractivity contribution in [3.63, 3.8) is 0 Å². The molecule has 5 nitrogen and oxygen atoms in total. The Hall–Kier alpha value is -0.668. The molecule has 0 spiro atoms. The molecular weight excluding hydrogens is 327 g/mol. The van der Waals surface area contributed by atoms with Gasteiger partial charge in [0, 0.05) is 0 Å². The second-order valence-electron chi connectivity index (χ2n) is 8.26. The van der Waals surface area contributed by atoms with E-state index in [2.05, 4.69) is 38.3 Å². The zero-order chi connectivity index (χ0) is 17.8. The van der Waals surface area contributed by atoms with Crippen LogP contribution in [-0.2, 0) is 20.2 Å². The number of fused-ring (bicyclic) bond motifs is 1. The van der Waals surface area contributed by atoms with Crippen LogP contribution >= 0.6 is 0 Å². The summed E-state index contributed by atoms with van der Waals surface area (Å²) in [6.07, 6.45) is 0. The maximum atomic E-state index is 13.0. The third kappa shape index (κ3) is 3.41. The summed E-state index contributed by atoms with van der Waals surface area (Å²) >= 11 is 0. The van der Waals surface area contributed by atoms with Gasteiger partial charge in [-0.3, -0.25) is 0 Å². The van der Waals surface area contributed by atoms with Crippen LogP contribution in [-0.4, -0.2) is 24.6 Å². The number of benzene rings is 1. The van der Waals surface area contributed by atoms with Gasteiger partial charge < -0.3 is 9.68 Å². The molecule has 8 heteroatoms. The maximum Gasteiger partial charge on any atom is 0.492 e. The smallest absolute Gasteiger partial charge is 0.423 e. The Labute approximate surface area is 141 Å². The molecule has 1 aliphatic rings. The van der Waals surface area contributed by atoms with Crippen LogP contribution in [0.5, 0.6) is 0 Å². The maximum absolute atomic E-state index is 13.0. The van der Waals surface area contributed by atoms with Gasteiger partial charge in [0.2, 0.25) is 0 Å². The fourth-order valence-corrected chi connectivity index (χ4v) is 7.54. The van der Waals surface area contributed by atoms with Gasteiger partial charge in [-0.25, -0.2) is 13.4 Å². The molecule has 1 aromatic rings. The Bertz CT molecular complexity index is 727. The molecule has 0 bridgehead atoms. The van der Waals surface area contributed by atoms with Crippen LogP contribution in [0, 0.1) is 4.78 Å². The molecule has 1 aromatic carbocycles.